The van der Waals surface area contributed by atoms with Gasteiger partial charge in [0.1, 0.15) is 0 Å². The lowest BCUT2D eigenvalue weighted by molar-refractivity contribution is -0.142. The first-order valence-corrected chi connectivity index (χ1v) is 11.6. The molecule has 1 heterocycles. The Labute approximate surface area is 201 Å². The van der Waals surface area contributed by atoms with Crippen molar-refractivity contribution < 1.29 is 23.1 Å². The summed E-state index contributed by atoms with van der Waals surface area (Å²) in [5.74, 6) is -0.809. The van der Waals surface area contributed by atoms with E-state index in [1.165, 1.54) is 29.2 Å². The SMILES string of the molecule is [C-]#[N+]c1cc2c(c(C(F)(F)F)c1)C(O)(c1ccccc1Cl)C(=O)N2C[C@H]1C[C@H](N(CC)CC)C1. The van der Waals surface area contributed by atoms with Crippen molar-refractivity contribution in [3.05, 3.63) is 69.5 Å². The molecule has 0 bridgehead atoms. The van der Waals surface area contributed by atoms with Gasteiger partial charge in [-0.25, -0.2) is 4.85 Å². The zero-order chi connectivity index (χ0) is 24.8. The van der Waals surface area contributed by atoms with Crippen LogP contribution in [-0.2, 0) is 16.6 Å². The fraction of sp³-hybridized carbons (Fsp3) is 0.440. The van der Waals surface area contributed by atoms with Crippen LogP contribution in [0, 0.1) is 12.5 Å². The van der Waals surface area contributed by atoms with Crippen LogP contribution in [0.3, 0.4) is 0 Å². The van der Waals surface area contributed by atoms with Crippen molar-refractivity contribution in [2.45, 2.75) is 44.5 Å². The zero-order valence-corrected chi connectivity index (χ0v) is 19.6. The fourth-order valence-corrected chi connectivity index (χ4v) is 5.51. The molecule has 0 radical (unpaired) electrons. The summed E-state index contributed by atoms with van der Waals surface area (Å²) in [4.78, 5) is 20.4. The van der Waals surface area contributed by atoms with Crippen LogP contribution in [0.5, 0.6) is 0 Å². The summed E-state index contributed by atoms with van der Waals surface area (Å²) >= 11 is 6.26. The van der Waals surface area contributed by atoms with Crippen LogP contribution in [0.25, 0.3) is 4.85 Å². The van der Waals surface area contributed by atoms with Gasteiger partial charge in [0.05, 0.1) is 12.1 Å². The van der Waals surface area contributed by atoms with Crippen molar-refractivity contribution >= 4 is 28.9 Å². The second-order valence-corrected chi connectivity index (χ2v) is 9.22. The van der Waals surface area contributed by atoms with Crippen LogP contribution in [0.4, 0.5) is 24.5 Å². The molecular weight excluding hydrogens is 467 g/mol. The average molecular weight is 492 g/mol. The molecular formula is C25H25ClF3N3O2. The number of carbonyl (C=O) groups excluding carboxylic acids is 1. The maximum absolute atomic E-state index is 14.1. The molecule has 9 heteroatoms. The third-order valence-corrected chi connectivity index (χ3v) is 7.32. The van der Waals surface area contributed by atoms with E-state index in [1.807, 2.05) is 0 Å². The van der Waals surface area contributed by atoms with Gasteiger partial charge in [-0.1, -0.05) is 43.6 Å². The van der Waals surface area contributed by atoms with Gasteiger partial charge in [-0.15, -0.1) is 0 Å². The number of aliphatic hydroxyl groups is 1. The maximum atomic E-state index is 14.1. The summed E-state index contributed by atoms with van der Waals surface area (Å²) < 4.78 is 42.4. The summed E-state index contributed by atoms with van der Waals surface area (Å²) in [6.07, 6.45) is -3.28. The van der Waals surface area contributed by atoms with Crippen LogP contribution < -0.4 is 4.90 Å². The molecule has 1 amide bonds. The molecule has 2 aromatic carbocycles. The van der Waals surface area contributed by atoms with Crippen molar-refractivity contribution in [1.29, 1.82) is 0 Å². The highest BCUT2D eigenvalue weighted by Crippen LogP contribution is 2.53. The summed E-state index contributed by atoms with van der Waals surface area (Å²) in [7, 11) is 0. The van der Waals surface area contributed by atoms with Crippen molar-refractivity contribution in [2.24, 2.45) is 5.92 Å². The summed E-state index contributed by atoms with van der Waals surface area (Å²) in [6.45, 7) is 13.4. The van der Waals surface area contributed by atoms with Gasteiger partial charge in [0, 0.05) is 34.4 Å². The predicted molar refractivity (Wildman–Crippen MR) is 124 cm³/mol. The molecule has 0 aromatic heterocycles. The number of carbonyl (C=O) groups is 1. The van der Waals surface area contributed by atoms with Gasteiger partial charge in [0.25, 0.3) is 5.91 Å². The first-order chi connectivity index (χ1) is 16.1. The molecule has 0 spiro atoms. The molecule has 1 aliphatic heterocycles. The number of fused-ring (bicyclic) bond motifs is 1. The monoisotopic (exact) mass is 491 g/mol. The van der Waals surface area contributed by atoms with E-state index in [0.717, 1.165) is 25.9 Å². The third kappa shape index (κ3) is 3.86. The summed E-state index contributed by atoms with van der Waals surface area (Å²) in [5.41, 5.74) is -4.82. The van der Waals surface area contributed by atoms with Crippen molar-refractivity contribution in [3.8, 4) is 0 Å². The molecule has 1 aliphatic carbocycles. The Morgan fingerprint density at radius 3 is 2.44 bits per heavy atom. The average Bonchev–Trinajstić information content (AvgIpc) is 2.99. The van der Waals surface area contributed by atoms with Crippen LogP contribution in [0.1, 0.15) is 43.4 Å². The Balaban J connectivity index is 1.82. The second-order valence-electron chi connectivity index (χ2n) is 8.82. The molecule has 34 heavy (non-hydrogen) atoms. The van der Waals surface area contributed by atoms with Crippen LogP contribution in [-0.4, -0.2) is 41.6 Å². The molecule has 1 unspecified atom stereocenters. The lowest BCUT2D eigenvalue weighted by atomic mass is 9.78. The molecule has 2 aliphatic rings. The minimum atomic E-state index is -4.89. The van der Waals surface area contributed by atoms with E-state index in [9.17, 15) is 23.1 Å². The smallest absolute Gasteiger partial charge is 0.372 e. The lowest BCUT2D eigenvalue weighted by Crippen LogP contribution is -2.50. The second kappa shape index (κ2) is 8.88. The number of nitrogens with zero attached hydrogens (tertiary/aromatic N) is 3. The highest BCUT2D eigenvalue weighted by atomic mass is 35.5. The number of anilines is 1. The highest BCUT2D eigenvalue weighted by Gasteiger charge is 2.57. The van der Waals surface area contributed by atoms with Crippen molar-refractivity contribution in [1.82, 2.24) is 4.90 Å². The summed E-state index contributed by atoms with van der Waals surface area (Å²) in [5, 5.41) is 11.7. The topological polar surface area (TPSA) is 48.1 Å². The highest BCUT2D eigenvalue weighted by molar-refractivity contribution is 6.32. The molecule has 1 atom stereocenters. The number of hydrogen-bond donors (Lipinski definition) is 1. The van der Waals surface area contributed by atoms with E-state index in [2.05, 4.69) is 23.6 Å². The largest absolute Gasteiger partial charge is 0.415 e. The van der Waals surface area contributed by atoms with Gasteiger partial charge in [-0.05, 0) is 50.0 Å². The molecule has 1 N–H and O–H groups in total. The number of hydrogen-bond acceptors (Lipinski definition) is 3. The lowest BCUT2D eigenvalue weighted by Gasteiger charge is -2.43. The van der Waals surface area contributed by atoms with Crippen LogP contribution in [0.15, 0.2) is 36.4 Å². The maximum Gasteiger partial charge on any atom is 0.415 e. The molecule has 1 fully saturated rings. The van der Waals surface area contributed by atoms with E-state index in [0.29, 0.717) is 12.1 Å². The van der Waals surface area contributed by atoms with Crippen molar-refractivity contribution in [3.63, 3.8) is 0 Å². The number of halogens is 4. The zero-order valence-electron chi connectivity index (χ0n) is 18.9. The molecule has 180 valence electrons. The molecule has 2 aromatic rings. The molecule has 0 saturated heterocycles. The number of benzene rings is 2. The molecule has 4 rings (SSSR count). The van der Waals surface area contributed by atoms with E-state index >= 15 is 0 Å². The first kappa shape index (κ1) is 24.5. The Morgan fingerprint density at radius 2 is 1.88 bits per heavy atom. The van der Waals surface area contributed by atoms with Crippen LogP contribution in [0.2, 0.25) is 5.02 Å². The minimum absolute atomic E-state index is 0.0150. The third-order valence-electron chi connectivity index (χ3n) is 6.99. The number of rotatable bonds is 6. The Bertz CT molecular complexity index is 1150. The van der Waals surface area contributed by atoms with Crippen LogP contribution >= 0.6 is 11.6 Å². The quantitative estimate of drug-likeness (QED) is 0.534. The number of amides is 1. The first-order valence-electron chi connectivity index (χ1n) is 11.2. The van der Waals surface area contributed by atoms with Gasteiger partial charge in [0.2, 0.25) is 0 Å². The predicted octanol–water partition coefficient (Wildman–Crippen LogP) is 5.61. The Hall–Kier alpha value is -2.60. The standard InChI is InChI=1S/C25H25ClF3N3O2/c1-4-31(5-2)17-10-15(11-17)14-32-21-13-16(30-3)12-19(25(27,28)29)22(21)24(34,23(32)33)18-8-6-7-9-20(18)26/h6-9,12-13,15,17,34H,4-5,10-11,14H2,1-2H3/t15-,17-,24?. The van der Waals surface area contributed by atoms with Gasteiger partial charge in [0.15, 0.2) is 11.3 Å². The Kier molecular flexibility index (Phi) is 6.40. The van der Waals surface area contributed by atoms with Gasteiger partial charge < -0.3 is 14.9 Å². The Morgan fingerprint density at radius 1 is 1.24 bits per heavy atom. The summed E-state index contributed by atoms with van der Waals surface area (Å²) in [6, 6.07) is 8.16. The van der Waals surface area contributed by atoms with E-state index in [-0.39, 0.29) is 34.4 Å². The molecule has 1 saturated carbocycles. The van der Waals surface area contributed by atoms with Gasteiger partial charge >= 0.3 is 6.18 Å². The van der Waals surface area contributed by atoms with Gasteiger partial charge in [-0.3, -0.25) is 4.79 Å². The number of alkyl halides is 3. The van der Waals surface area contributed by atoms with E-state index < -0.39 is 28.8 Å². The molecule has 5 nitrogen and oxygen atoms in total. The van der Waals surface area contributed by atoms with E-state index in [4.69, 9.17) is 18.2 Å². The van der Waals surface area contributed by atoms with Crippen molar-refractivity contribution in [2.75, 3.05) is 24.5 Å². The van der Waals surface area contributed by atoms with Gasteiger partial charge in [-0.2, -0.15) is 13.2 Å². The minimum Gasteiger partial charge on any atom is -0.372 e. The normalized spacial score (nSPS) is 24.2. The fourth-order valence-electron chi connectivity index (χ4n) is 5.24. The van der Waals surface area contributed by atoms with E-state index in [1.54, 1.807) is 6.07 Å².